The Labute approximate surface area is 163 Å². The molecule has 1 aliphatic carbocycles. The van der Waals surface area contributed by atoms with Gasteiger partial charge in [0.15, 0.2) is 0 Å². The number of aromatic nitrogens is 2. The predicted molar refractivity (Wildman–Crippen MR) is 107 cm³/mol. The summed E-state index contributed by atoms with van der Waals surface area (Å²) in [6.45, 7) is 2.32. The van der Waals surface area contributed by atoms with Crippen molar-refractivity contribution in [2.45, 2.75) is 37.5 Å². The van der Waals surface area contributed by atoms with E-state index < -0.39 is 10.0 Å². The molecule has 0 radical (unpaired) electrons. The van der Waals surface area contributed by atoms with Crippen LogP contribution in [-0.4, -0.2) is 24.9 Å². The van der Waals surface area contributed by atoms with Crippen molar-refractivity contribution < 1.29 is 8.42 Å². The highest BCUT2D eigenvalue weighted by molar-refractivity contribution is 7.89. The highest BCUT2D eigenvalue weighted by Gasteiger charge is 2.18. The third-order valence-corrected chi connectivity index (χ3v) is 7.55. The normalized spacial score (nSPS) is 13.7. The molecule has 5 nitrogen and oxygen atoms in total. The summed E-state index contributed by atoms with van der Waals surface area (Å²) in [4.78, 5) is 10.2. The zero-order chi connectivity index (χ0) is 18.9. The van der Waals surface area contributed by atoms with Crippen molar-refractivity contribution in [2.75, 3.05) is 6.54 Å². The number of nitrogens with zero attached hydrogens (tertiary/aromatic N) is 2. The molecular weight excluding hydrogens is 378 g/mol. The number of hydrogen-bond donors (Lipinski definition) is 1. The van der Waals surface area contributed by atoms with Gasteiger partial charge < -0.3 is 0 Å². The van der Waals surface area contributed by atoms with Crippen molar-refractivity contribution >= 4 is 21.4 Å². The van der Waals surface area contributed by atoms with Gasteiger partial charge in [-0.2, -0.15) is 0 Å². The first-order chi connectivity index (χ1) is 13.0. The van der Waals surface area contributed by atoms with Crippen molar-refractivity contribution in [3.8, 4) is 10.6 Å². The standard InChI is InChI=1S/C20H21N3O2S2/c1-14-19(26-20(23-14)17-6-3-10-21-13-17)9-11-22-27(24,25)18-8-7-15-4-2-5-16(15)12-18/h3,6-8,10,12-13,22H,2,4-5,9,11H2,1H3. The molecule has 1 N–H and O–H groups in total. The van der Waals surface area contributed by atoms with E-state index in [1.165, 1.54) is 5.56 Å². The van der Waals surface area contributed by atoms with E-state index >= 15 is 0 Å². The maximum Gasteiger partial charge on any atom is 0.240 e. The van der Waals surface area contributed by atoms with E-state index in [-0.39, 0.29) is 0 Å². The molecule has 140 valence electrons. The molecule has 2 aromatic heterocycles. The van der Waals surface area contributed by atoms with Crippen molar-refractivity contribution in [3.63, 3.8) is 0 Å². The van der Waals surface area contributed by atoms with Gasteiger partial charge in [-0.3, -0.25) is 4.98 Å². The number of rotatable bonds is 6. The van der Waals surface area contributed by atoms with Gasteiger partial charge in [-0.25, -0.2) is 18.1 Å². The van der Waals surface area contributed by atoms with E-state index in [4.69, 9.17) is 0 Å². The van der Waals surface area contributed by atoms with Crippen LogP contribution in [0.2, 0.25) is 0 Å². The SMILES string of the molecule is Cc1nc(-c2cccnc2)sc1CCNS(=O)(=O)c1ccc2c(c1)CCC2. The van der Waals surface area contributed by atoms with Gasteiger partial charge in [-0.1, -0.05) is 6.07 Å². The molecule has 7 heteroatoms. The third-order valence-electron chi connectivity index (χ3n) is 4.83. The van der Waals surface area contributed by atoms with Crippen LogP contribution in [0.1, 0.15) is 28.1 Å². The summed E-state index contributed by atoms with van der Waals surface area (Å²) in [6, 6.07) is 9.35. The molecule has 2 heterocycles. The van der Waals surface area contributed by atoms with Crippen LogP contribution in [0.4, 0.5) is 0 Å². The quantitative estimate of drug-likeness (QED) is 0.688. The fraction of sp³-hybridized carbons (Fsp3) is 0.300. The van der Waals surface area contributed by atoms with Gasteiger partial charge in [-0.05, 0) is 68.0 Å². The van der Waals surface area contributed by atoms with E-state index in [0.717, 1.165) is 46.0 Å². The summed E-state index contributed by atoms with van der Waals surface area (Å²) in [6.07, 6.45) is 7.27. The molecule has 0 atom stereocenters. The van der Waals surface area contributed by atoms with Gasteiger partial charge in [0.25, 0.3) is 0 Å². The van der Waals surface area contributed by atoms with E-state index in [2.05, 4.69) is 14.7 Å². The van der Waals surface area contributed by atoms with Crippen LogP contribution in [0, 0.1) is 6.92 Å². The largest absolute Gasteiger partial charge is 0.264 e. The number of aryl methyl sites for hydroxylation is 3. The minimum Gasteiger partial charge on any atom is -0.264 e. The fourth-order valence-corrected chi connectivity index (χ4v) is 5.50. The number of thiazole rings is 1. The van der Waals surface area contributed by atoms with Crippen molar-refractivity contribution in [2.24, 2.45) is 0 Å². The highest BCUT2D eigenvalue weighted by Crippen LogP contribution is 2.28. The summed E-state index contributed by atoms with van der Waals surface area (Å²) in [7, 11) is -3.49. The molecular formula is C20H21N3O2S2. The van der Waals surface area contributed by atoms with E-state index in [1.807, 2.05) is 31.2 Å². The molecule has 4 rings (SSSR count). The second kappa shape index (κ2) is 7.50. The molecule has 0 spiro atoms. The minimum atomic E-state index is -3.49. The molecule has 27 heavy (non-hydrogen) atoms. The lowest BCUT2D eigenvalue weighted by Crippen LogP contribution is -2.26. The van der Waals surface area contributed by atoms with Gasteiger partial charge in [-0.15, -0.1) is 11.3 Å². The predicted octanol–water partition coefficient (Wildman–Crippen LogP) is 3.52. The minimum absolute atomic E-state index is 0.356. The lowest BCUT2D eigenvalue weighted by atomic mass is 10.1. The van der Waals surface area contributed by atoms with Gasteiger partial charge in [0.05, 0.1) is 10.6 Å². The van der Waals surface area contributed by atoms with Gasteiger partial charge in [0.1, 0.15) is 5.01 Å². The second-order valence-electron chi connectivity index (χ2n) is 6.70. The lowest BCUT2D eigenvalue weighted by Gasteiger charge is -2.08. The summed E-state index contributed by atoms with van der Waals surface area (Å²) in [5.74, 6) is 0. The van der Waals surface area contributed by atoms with Crippen LogP contribution >= 0.6 is 11.3 Å². The molecule has 1 aromatic carbocycles. The summed E-state index contributed by atoms with van der Waals surface area (Å²) in [5, 5.41) is 0.914. The number of hydrogen-bond acceptors (Lipinski definition) is 5. The zero-order valence-electron chi connectivity index (χ0n) is 15.1. The summed E-state index contributed by atoms with van der Waals surface area (Å²) >= 11 is 1.59. The Bertz CT molecular complexity index is 1060. The Morgan fingerprint density at radius 1 is 1.19 bits per heavy atom. The van der Waals surface area contributed by atoms with Crippen LogP contribution in [0.5, 0.6) is 0 Å². The molecule has 0 fully saturated rings. The Morgan fingerprint density at radius 3 is 2.85 bits per heavy atom. The number of fused-ring (bicyclic) bond motifs is 1. The van der Waals surface area contributed by atoms with Crippen LogP contribution < -0.4 is 4.72 Å². The molecule has 0 saturated heterocycles. The van der Waals surface area contributed by atoms with Crippen LogP contribution in [0.25, 0.3) is 10.6 Å². The molecule has 0 amide bonds. The number of nitrogens with one attached hydrogen (secondary N) is 1. The Morgan fingerprint density at radius 2 is 2.04 bits per heavy atom. The Balaban J connectivity index is 1.43. The smallest absolute Gasteiger partial charge is 0.240 e. The average molecular weight is 400 g/mol. The first kappa shape index (κ1) is 18.3. The first-order valence-electron chi connectivity index (χ1n) is 9.01. The number of sulfonamides is 1. The third kappa shape index (κ3) is 3.95. The maximum absolute atomic E-state index is 12.6. The molecule has 0 bridgehead atoms. The first-order valence-corrected chi connectivity index (χ1v) is 11.3. The van der Waals surface area contributed by atoms with E-state index in [9.17, 15) is 8.42 Å². The Hall–Kier alpha value is -2.09. The van der Waals surface area contributed by atoms with Gasteiger partial charge in [0.2, 0.25) is 10.0 Å². The van der Waals surface area contributed by atoms with E-state index in [0.29, 0.717) is 17.9 Å². The highest BCUT2D eigenvalue weighted by atomic mass is 32.2. The van der Waals surface area contributed by atoms with Crippen LogP contribution in [-0.2, 0) is 29.3 Å². The fourth-order valence-electron chi connectivity index (χ4n) is 3.37. The van der Waals surface area contributed by atoms with Crippen molar-refractivity contribution in [1.82, 2.24) is 14.7 Å². The number of benzene rings is 1. The molecule has 1 aliphatic rings. The van der Waals surface area contributed by atoms with Crippen molar-refractivity contribution in [3.05, 3.63) is 64.4 Å². The van der Waals surface area contributed by atoms with E-state index in [1.54, 1.807) is 29.8 Å². The molecule has 0 aliphatic heterocycles. The second-order valence-corrected chi connectivity index (χ2v) is 9.55. The molecule has 0 saturated carbocycles. The number of pyridine rings is 1. The topological polar surface area (TPSA) is 72.0 Å². The Kier molecular flexibility index (Phi) is 5.08. The summed E-state index contributed by atoms with van der Waals surface area (Å²) in [5.41, 5.74) is 4.36. The average Bonchev–Trinajstić information content (AvgIpc) is 3.28. The molecule has 3 aromatic rings. The van der Waals surface area contributed by atoms with Crippen LogP contribution in [0.15, 0.2) is 47.6 Å². The lowest BCUT2D eigenvalue weighted by molar-refractivity contribution is 0.581. The maximum atomic E-state index is 12.6. The van der Waals surface area contributed by atoms with Gasteiger partial charge >= 0.3 is 0 Å². The van der Waals surface area contributed by atoms with Crippen molar-refractivity contribution in [1.29, 1.82) is 0 Å². The van der Waals surface area contributed by atoms with Crippen LogP contribution in [0.3, 0.4) is 0 Å². The zero-order valence-corrected chi connectivity index (χ0v) is 16.7. The summed E-state index contributed by atoms with van der Waals surface area (Å²) < 4.78 is 27.9. The van der Waals surface area contributed by atoms with Gasteiger partial charge in [0, 0.05) is 29.4 Å². The monoisotopic (exact) mass is 399 g/mol. The molecule has 0 unspecified atom stereocenters.